The van der Waals surface area contributed by atoms with Crippen molar-refractivity contribution in [3.05, 3.63) is 66.0 Å². The van der Waals surface area contributed by atoms with Crippen LogP contribution in [0.2, 0.25) is 0 Å². The highest BCUT2D eigenvalue weighted by atomic mass is 32.2. The first-order chi connectivity index (χ1) is 12.9. The minimum atomic E-state index is -3.39. The Labute approximate surface area is 162 Å². The quantitative estimate of drug-likeness (QED) is 0.744. The summed E-state index contributed by atoms with van der Waals surface area (Å²) in [6.45, 7) is 3.25. The lowest BCUT2D eigenvalue weighted by atomic mass is 10.0. The number of aromatic nitrogens is 1. The van der Waals surface area contributed by atoms with E-state index in [1.807, 2.05) is 56.6 Å². The molecule has 1 aromatic carbocycles. The maximum Gasteiger partial charge on any atom is 0.216 e. The molecule has 1 fully saturated rings. The molecule has 7 heteroatoms. The number of sulfonamides is 1. The van der Waals surface area contributed by atoms with Gasteiger partial charge < -0.3 is 4.90 Å². The van der Waals surface area contributed by atoms with E-state index < -0.39 is 10.0 Å². The standard InChI is InChI=1S/C20H28N4O2S/c1-23(2)13-19-14-24(12-17-8-10-21-11-9-17)15-20(19)22-27(25,26)16-18-6-4-3-5-7-18/h3-11,19-20,22H,12-16H2,1-2H3/t19-,20-/m1/s1. The highest BCUT2D eigenvalue weighted by Gasteiger charge is 2.35. The van der Waals surface area contributed by atoms with Crippen LogP contribution in [0.15, 0.2) is 54.9 Å². The molecule has 0 saturated carbocycles. The number of pyridine rings is 1. The summed E-state index contributed by atoms with van der Waals surface area (Å²) in [6, 6.07) is 13.3. The Kier molecular flexibility index (Phi) is 6.59. The molecule has 0 amide bonds. The van der Waals surface area contributed by atoms with Crippen LogP contribution in [0, 0.1) is 5.92 Å². The second-order valence-corrected chi connectivity index (χ2v) is 9.29. The second kappa shape index (κ2) is 8.93. The van der Waals surface area contributed by atoms with Crippen molar-refractivity contribution in [3.63, 3.8) is 0 Å². The number of hydrogen-bond donors (Lipinski definition) is 1. The fraction of sp³-hybridized carbons (Fsp3) is 0.450. The maximum absolute atomic E-state index is 12.7. The molecule has 1 aromatic heterocycles. The number of nitrogens with zero attached hydrogens (tertiary/aromatic N) is 3. The van der Waals surface area contributed by atoms with Crippen LogP contribution in [0.25, 0.3) is 0 Å². The minimum Gasteiger partial charge on any atom is -0.309 e. The summed E-state index contributed by atoms with van der Waals surface area (Å²) in [7, 11) is 0.669. The van der Waals surface area contributed by atoms with Gasteiger partial charge in [0.15, 0.2) is 0 Å². The fourth-order valence-electron chi connectivity index (χ4n) is 3.69. The number of benzene rings is 1. The van der Waals surface area contributed by atoms with E-state index in [0.717, 1.165) is 31.7 Å². The Morgan fingerprint density at radius 1 is 1.07 bits per heavy atom. The Hall–Kier alpha value is -1.80. The summed E-state index contributed by atoms with van der Waals surface area (Å²) in [5.74, 6) is 0.274. The molecule has 0 radical (unpaired) electrons. The van der Waals surface area contributed by atoms with Crippen LogP contribution in [-0.4, -0.2) is 63.0 Å². The van der Waals surface area contributed by atoms with Crippen LogP contribution in [0.5, 0.6) is 0 Å². The maximum atomic E-state index is 12.7. The zero-order chi connectivity index (χ0) is 19.3. The molecule has 1 saturated heterocycles. The molecule has 1 aliphatic rings. The molecule has 0 unspecified atom stereocenters. The van der Waals surface area contributed by atoms with Gasteiger partial charge in [0.1, 0.15) is 0 Å². The van der Waals surface area contributed by atoms with Crippen molar-refractivity contribution >= 4 is 10.0 Å². The molecule has 27 heavy (non-hydrogen) atoms. The topological polar surface area (TPSA) is 65.5 Å². The lowest BCUT2D eigenvalue weighted by molar-refractivity contribution is 0.283. The van der Waals surface area contributed by atoms with E-state index in [1.165, 1.54) is 5.56 Å². The first-order valence-electron chi connectivity index (χ1n) is 9.21. The summed E-state index contributed by atoms with van der Waals surface area (Å²) >= 11 is 0. The van der Waals surface area contributed by atoms with Gasteiger partial charge in [0.2, 0.25) is 10.0 Å². The van der Waals surface area contributed by atoms with Crippen molar-refractivity contribution in [2.75, 3.05) is 33.7 Å². The average Bonchev–Trinajstić information content (AvgIpc) is 2.95. The number of rotatable bonds is 8. The van der Waals surface area contributed by atoms with Crippen LogP contribution in [0.4, 0.5) is 0 Å². The normalized spacial score (nSPS) is 21.0. The Bertz CT molecular complexity index is 812. The second-order valence-electron chi connectivity index (χ2n) is 7.54. The van der Waals surface area contributed by atoms with Gasteiger partial charge in [-0.25, -0.2) is 13.1 Å². The largest absolute Gasteiger partial charge is 0.309 e. The van der Waals surface area contributed by atoms with Gasteiger partial charge in [-0.15, -0.1) is 0 Å². The van der Waals surface area contributed by atoms with E-state index in [1.54, 1.807) is 12.4 Å². The van der Waals surface area contributed by atoms with E-state index in [4.69, 9.17) is 0 Å². The van der Waals surface area contributed by atoms with Crippen LogP contribution in [0.3, 0.4) is 0 Å². The fourth-order valence-corrected chi connectivity index (χ4v) is 5.13. The summed E-state index contributed by atoms with van der Waals surface area (Å²) in [5, 5.41) is 0. The van der Waals surface area contributed by atoms with E-state index in [-0.39, 0.29) is 17.7 Å². The Morgan fingerprint density at radius 2 is 1.78 bits per heavy atom. The van der Waals surface area contributed by atoms with Crippen molar-refractivity contribution in [2.45, 2.75) is 18.3 Å². The van der Waals surface area contributed by atoms with Gasteiger partial charge in [-0.3, -0.25) is 9.88 Å². The lowest BCUT2D eigenvalue weighted by Crippen LogP contribution is -2.43. The zero-order valence-corrected chi connectivity index (χ0v) is 16.8. The summed E-state index contributed by atoms with van der Waals surface area (Å²) in [5.41, 5.74) is 2.00. The molecule has 1 N–H and O–H groups in total. The zero-order valence-electron chi connectivity index (χ0n) is 16.0. The predicted octanol–water partition coefficient (Wildman–Crippen LogP) is 1.56. The number of likely N-dealkylation sites (tertiary alicyclic amines) is 1. The van der Waals surface area contributed by atoms with Gasteiger partial charge in [-0.05, 0) is 37.4 Å². The van der Waals surface area contributed by atoms with Crippen molar-refractivity contribution < 1.29 is 8.42 Å². The molecule has 3 rings (SSSR count). The number of hydrogen-bond acceptors (Lipinski definition) is 5. The molecule has 2 atom stereocenters. The molecule has 6 nitrogen and oxygen atoms in total. The minimum absolute atomic E-state index is 0.0172. The molecular formula is C20H28N4O2S. The molecule has 0 spiro atoms. The average molecular weight is 389 g/mol. The van der Waals surface area contributed by atoms with Gasteiger partial charge in [0.05, 0.1) is 5.75 Å². The van der Waals surface area contributed by atoms with Crippen LogP contribution < -0.4 is 4.72 Å². The van der Waals surface area contributed by atoms with E-state index >= 15 is 0 Å². The van der Waals surface area contributed by atoms with Gasteiger partial charge in [-0.1, -0.05) is 30.3 Å². The predicted molar refractivity (Wildman–Crippen MR) is 108 cm³/mol. The van der Waals surface area contributed by atoms with E-state index in [2.05, 4.69) is 19.5 Å². The van der Waals surface area contributed by atoms with Gasteiger partial charge in [-0.2, -0.15) is 0 Å². The Balaban J connectivity index is 1.67. The van der Waals surface area contributed by atoms with Crippen molar-refractivity contribution in [2.24, 2.45) is 5.92 Å². The van der Waals surface area contributed by atoms with Gasteiger partial charge in [0, 0.05) is 50.5 Å². The first-order valence-corrected chi connectivity index (χ1v) is 10.9. The highest BCUT2D eigenvalue weighted by Crippen LogP contribution is 2.21. The molecule has 2 heterocycles. The molecule has 2 aromatic rings. The Morgan fingerprint density at radius 3 is 2.44 bits per heavy atom. The van der Waals surface area contributed by atoms with Crippen LogP contribution in [0.1, 0.15) is 11.1 Å². The van der Waals surface area contributed by atoms with E-state index in [9.17, 15) is 8.42 Å². The van der Waals surface area contributed by atoms with E-state index in [0.29, 0.717) is 0 Å². The lowest BCUT2D eigenvalue weighted by Gasteiger charge is -2.22. The third-order valence-corrected chi connectivity index (χ3v) is 6.18. The first kappa shape index (κ1) is 19.9. The molecular weight excluding hydrogens is 360 g/mol. The molecule has 0 bridgehead atoms. The van der Waals surface area contributed by atoms with Crippen molar-refractivity contribution in [3.8, 4) is 0 Å². The molecule has 1 aliphatic heterocycles. The third-order valence-electron chi connectivity index (χ3n) is 4.80. The third kappa shape index (κ3) is 6.10. The SMILES string of the molecule is CN(C)C[C@@H]1CN(Cc2ccncc2)C[C@H]1NS(=O)(=O)Cc1ccccc1. The highest BCUT2D eigenvalue weighted by molar-refractivity contribution is 7.88. The van der Waals surface area contributed by atoms with Crippen LogP contribution >= 0.6 is 0 Å². The van der Waals surface area contributed by atoms with Crippen molar-refractivity contribution in [1.29, 1.82) is 0 Å². The molecule has 0 aliphatic carbocycles. The van der Waals surface area contributed by atoms with Gasteiger partial charge in [0.25, 0.3) is 0 Å². The van der Waals surface area contributed by atoms with Crippen LogP contribution in [-0.2, 0) is 22.3 Å². The van der Waals surface area contributed by atoms with Gasteiger partial charge >= 0.3 is 0 Å². The summed E-state index contributed by atoms with van der Waals surface area (Å²) < 4.78 is 28.4. The smallest absolute Gasteiger partial charge is 0.216 e. The number of nitrogens with one attached hydrogen (secondary N) is 1. The molecule has 146 valence electrons. The van der Waals surface area contributed by atoms with Crippen molar-refractivity contribution in [1.82, 2.24) is 19.5 Å². The summed E-state index contributed by atoms with van der Waals surface area (Å²) in [6.07, 6.45) is 3.59. The summed E-state index contributed by atoms with van der Waals surface area (Å²) in [4.78, 5) is 8.50. The monoisotopic (exact) mass is 388 g/mol.